The highest BCUT2D eigenvalue weighted by atomic mass is 19.4. The standard InChI is InChI=1S/C15H12F3NO3/c1-21-14-6-9(8-20)2-5-13(14)22-10-3-4-12(19)11(7-10)15(16,17)18/h2-8H,19H2,1H3. The van der Waals surface area contributed by atoms with E-state index in [2.05, 4.69) is 0 Å². The van der Waals surface area contributed by atoms with Gasteiger partial charge in [-0.2, -0.15) is 13.2 Å². The molecule has 0 heterocycles. The number of halogens is 3. The van der Waals surface area contributed by atoms with Gasteiger partial charge in [-0.15, -0.1) is 0 Å². The highest BCUT2D eigenvalue weighted by Crippen LogP contribution is 2.38. The van der Waals surface area contributed by atoms with Gasteiger partial charge in [0.15, 0.2) is 11.5 Å². The number of anilines is 1. The molecule has 0 aliphatic heterocycles. The molecule has 7 heteroatoms. The van der Waals surface area contributed by atoms with Crippen molar-refractivity contribution in [2.45, 2.75) is 6.18 Å². The number of carbonyl (C=O) groups excluding carboxylic acids is 1. The maximum atomic E-state index is 12.8. The van der Waals surface area contributed by atoms with E-state index >= 15 is 0 Å². The second-order valence-corrected chi connectivity index (χ2v) is 4.38. The number of alkyl halides is 3. The zero-order chi connectivity index (χ0) is 16.3. The van der Waals surface area contributed by atoms with Crippen LogP contribution in [0.1, 0.15) is 15.9 Å². The first-order chi connectivity index (χ1) is 10.3. The molecule has 0 fully saturated rings. The zero-order valence-corrected chi connectivity index (χ0v) is 11.5. The summed E-state index contributed by atoms with van der Waals surface area (Å²) in [6, 6.07) is 7.56. The van der Waals surface area contributed by atoms with Crippen LogP contribution >= 0.6 is 0 Å². The van der Waals surface area contributed by atoms with Gasteiger partial charge in [0.25, 0.3) is 0 Å². The molecular weight excluding hydrogens is 299 g/mol. The number of benzene rings is 2. The second-order valence-electron chi connectivity index (χ2n) is 4.38. The molecule has 0 radical (unpaired) electrons. The molecule has 0 aromatic heterocycles. The molecule has 0 unspecified atom stereocenters. The van der Waals surface area contributed by atoms with Gasteiger partial charge >= 0.3 is 6.18 Å². The molecule has 0 aliphatic rings. The number of rotatable bonds is 4. The Hall–Kier alpha value is -2.70. The van der Waals surface area contributed by atoms with Crippen molar-refractivity contribution in [2.75, 3.05) is 12.8 Å². The molecule has 4 nitrogen and oxygen atoms in total. The number of aldehydes is 1. The highest BCUT2D eigenvalue weighted by Gasteiger charge is 2.33. The molecule has 2 rings (SSSR count). The summed E-state index contributed by atoms with van der Waals surface area (Å²) in [5, 5.41) is 0. The first-order valence-corrected chi connectivity index (χ1v) is 6.13. The number of methoxy groups -OCH3 is 1. The van der Waals surface area contributed by atoms with E-state index in [-0.39, 0.29) is 22.9 Å². The maximum absolute atomic E-state index is 12.8. The Labute approximate surface area is 124 Å². The van der Waals surface area contributed by atoms with Crippen LogP contribution < -0.4 is 15.2 Å². The van der Waals surface area contributed by atoms with E-state index in [9.17, 15) is 18.0 Å². The summed E-state index contributed by atoms with van der Waals surface area (Å²) >= 11 is 0. The van der Waals surface area contributed by atoms with Crippen molar-refractivity contribution >= 4 is 12.0 Å². The summed E-state index contributed by atoms with van der Waals surface area (Å²) in [4.78, 5) is 10.7. The Morgan fingerprint density at radius 1 is 1.09 bits per heavy atom. The Balaban J connectivity index is 2.37. The predicted octanol–water partition coefficient (Wildman–Crippen LogP) is 3.90. The number of carbonyl (C=O) groups is 1. The minimum absolute atomic E-state index is 0.0429. The zero-order valence-electron chi connectivity index (χ0n) is 11.5. The van der Waals surface area contributed by atoms with Crippen LogP contribution in [0.25, 0.3) is 0 Å². The molecule has 2 aromatic carbocycles. The van der Waals surface area contributed by atoms with E-state index in [1.54, 1.807) is 0 Å². The number of hydrogen-bond donors (Lipinski definition) is 1. The molecule has 2 aromatic rings. The largest absolute Gasteiger partial charge is 0.493 e. The van der Waals surface area contributed by atoms with Gasteiger partial charge in [0.2, 0.25) is 0 Å². The third-order valence-electron chi connectivity index (χ3n) is 2.88. The lowest BCUT2D eigenvalue weighted by Crippen LogP contribution is -2.08. The fourth-order valence-corrected chi connectivity index (χ4v) is 1.81. The highest BCUT2D eigenvalue weighted by molar-refractivity contribution is 5.76. The third kappa shape index (κ3) is 3.30. The second kappa shape index (κ2) is 5.97. The van der Waals surface area contributed by atoms with Crippen molar-refractivity contribution in [2.24, 2.45) is 0 Å². The first-order valence-electron chi connectivity index (χ1n) is 6.13. The van der Waals surface area contributed by atoms with Crippen molar-refractivity contribution in [3.8, 4) is 17.2 Å². The van der Waals surface area contributed by atoms with Crippen LogP contribution in [0.5, 0.6) is 17.2 Å². The number of ether oxygens (including phenoxy) is 2. The summed E-state index contributed by atoms with van der Waals surface area (Å²) in [7, 11) is 1.36. The van der Waals surface area contributed by atoms with Crippen LogP contribution in [0.2, 0.25) is 0 Å². The quantitative estimate of drug-likeness (QED) is 0.687. The molecule has 0 atom stereocenters. The summed E-state index contributed by atoms with van der Waals surface area (Å²) in [5.41, 5.74) is 4.32. The van der Waals surface area contributed by atoms with Crippen LogP contribution in [0.4, 0.5) is 18.9 Å². The molecule has 0 bridgehead atoms. The molecule has 0 saturated carbocycles. The van der Waals surface area contributed by atoms with E-state index < -0.39 is 11.7 Å². The van der Waals surface area contributed by atoms with Gasteiger partial charge in [0.1, 0.15) is 12.0 Å². The topological polar surface area (TPSA) is 61.5 Å². The normalized spacial score (nSPS) is 11.1. The molecule has 22 heavy (non-hydrogen) atoms. The Bertz CT molecular complexity index is 699. The first kappa shape index (κ1) is 15.7. The van der Waals surface area contributed by atoms with Gasteiger partial charge in [-0.05, 0) is 36.4 Å². The maximum Gasteiger partial charge on any atom is 0.418 e. The Morgan fingerprint density at radius 3 is 2.41 bits per heavy atom. The van der Waals surface area contributed by atoms with Crippen LogP contribution in [-0.2, 0) is 6.18 Å². The average molecular weight is 311 g/mol. The van der Waals surface area contributed by atoms with E-state index in [0.717, 1.165) is 12.1 Å². The van der Waals surface area contributed by atoms with Crippen LogP contribution in [0.3, 0.4) is 0 Å². The van der Waals surface area contributed by atoms with Crippen molar-refractivity contribution < 1.29 is 27.4 Å². The minimum Gasteiger partial charge on any atom is -0.493 e. The van der Waals surface area contributed by atoms with E-state index in [1.165, 1.54) is 31.4 Å². The van der Waals surface area contributed by atoms with Crippen LogP contribution in [0.15, 0.2) is 36.4 Å². The fourth-order valence-electron chi connectivity index (χ4n) is 1.81. The van der Waals surface area contributed by atoms with Gasteiger partial charge in [0.05, 0.1) is 12.7 Å². The van der Waals surface area contributed by atoms with Gasteiger partial charge in [0, 0.05) is 11.3 Å². The third-order valence-corrected chi connectivity index (χ3v) is 2.88. The molecule has 2 N–H and O–H groups in total. The van der Waals surface area contributed by atoms with Crippen LogP contribution in [0, 0.1) is 0 Å². The molecule has 0 saturated heterocycles. The lowest BCUT2D eigenvalue weighted by Gasteiger charge is -2.14. The monoisotopic (exact) mass is 311 g/mol. The summed E-state index contributed by atoms with van der Waals surface area (Å²) < 4.78 is 48.9. The minimum atomic E-state index is -4.57. The molecular formula is C15H12F3NO3. The van der Waals surface area contributed by atoms with Crippen molar-refractivity contribution in [3.63, 3.8) is 0 Å². The van der Waals surface area contributed by atoms with Gasteiger partial charge in [-0.25, -0.2) is 0 Å². The van der Waals surface area contributed by atoms with Gasteiger partial charge < -0.3 is 15.2 Å². The predicted molar refractivity (Wildman–Crippen MR) is 74.3 cm³/mol. The van der Waals surface area contributed by atoms with E-state index in [1.807, 2.05) is 0 Å². The lowest BCUT2D eigenvalue weighted by atomic mass is 10.1. The Morgan fingerprint density at radius 2 is 1.82 bits per heavy atom. The summed E-state index contributed by atoms with van der Waals surface area (Å²) in [6.07, 6.45) is -3.95. The van der Waals surface area contributed by atoms with E-state index in [0.29, 0.717) is 11.8 Å². The van der Waals surface area contributed by atoms with E-state index in [4.69, 9.17) is 15.2 Å². The summed E-state index contributed by atoms with van der Waals surface area (Å²) in [6.45, 7) is 0. The number of nitrogens with two attached hydrogens (primary N) is 1. The SMILES string of the molecule is COc1cc(C=O)ccc1Oc1ccc(N)c(C(F)(F)F)c1. The van der Waals surface area contributed by atoms with Crippen molar-refractivity contribution in [1.82, 2.24) is 0 Å². The van der Waals surface area contributed by atoms with Crippen LogP contribution in [-0.4, -0.2) is 13.4 Å². The van der Waals surface area contributed by atoms with Gasteiger partial charge in [-0.3, -0.25) is 4.79 Å². The smallest absolute Gasteiger partial charge is 0.418 e. The van der Waals surface area contributed by atoms with Gasteiger partial charge in [-0.1, -0.05) is 0 Å². The summed E-state index contributed by atoms with van der Waals surface area (Å²) in [5.74, 6) is 0.375. The number of nitrogen functional groups attached to an aromatic ring is 1. The molecule has 0 aliphatic carbocycles. The molecule has 0 spiro atoms. The Kier molecular flexibility index (Phi) is 4.25. The molecule has 116 valence electrons. The van der Waals surface area contributed by atoms with Crippen molar-refractivity contribution in [1.29, 1.82) is 0 Å². The fraction of sp³-hybridized carbons (Fsp3) is 0.133. The lowest BCUT2D eigenvalue weighted by molar-refractivity contribution is -0.137. The average Bonchev–Trinajstić information content (AvgIpc) is 2.48. The molecule has 0 amide bonds. The van der Waals surface area contributed by atoms with Crippen molar-refractivity contribution in [3.05, 3.63) is 47.5 Å². The number of hydrogen-bond acceptors (Lipinski definition) is 4.